The summed E-state index contributed by atoms with van der Waals surface area (Å²) in [5, 5.41) is 12.0. The molecule has 546 valence electrons. The summed E-state index contributed by atoms with van der Waals surface area (Å²) in [6.07, 6.45) is 9.37. The van der Waals surface area contributed by atoms with E-state index in [2.05, 4.69) is 453 Å². The van der Waals surface area contributed by atoms with Gasteiger partial charge in [0.2, 0.25) is 0 Å². The molecule has 0 bridgehead atoms. The van der Waals surface area contributed by atoms with Crippen molar-refractivity contribution in [2.24, 2.45) is 0 Å². The van der Waals surface area contributed by atoms with E-state index in [-0.39, 0.29) is 0 Å². The van der Waals surface area contributed by atoms with Crippen molar-refractivity contribution >= 4 is 135 Å². The maximum absolute atomic E-state index is 2.52. The molecular weight excluding hydrogens is 1370 g/mol. The second-order valence-corrected chi connectivity index (χ2v) is 31.1. The van der Waals surface area contributed by atoms with Gasteiger partial charge in [0.1, 0.15) is 0 Å². The van der Waals surface area contributed by atoms with E-state index in [0.717, 1.165) is 61.8 Å². The molecule has 114 heavy (non-hydrogen) atoms. The van der Waals surface area contributed by atoms with Crippen LogP contribution in [0.4, 0.5) is 34.1 Å². The normalized spacial score (nSPS) is 11.3. The van der Waals surface area contributed by atoms with Crippen LogP contribution >= 0.6 is 0 Å². The lowest BCUT2D eigenvalue weighted by atomic mass is 9.85. The van der Waals surface area contributed by atoms with Crippen LogP contribution in [-0.2, 0) is 0 Å². The van der Waals surface area contributed by atoms with Gasteiger partial charge in [-0.2, -0.15) is 0 Å². The summed E-state index contributed by atoms with van der Waals surface area (Å²) in [5.74, 6) is 0. The van der Waals surface area contributed by atoms with E-state index in [9.17, 15) is 0 Å². The van der Waals surface area contributed by atoms with Crippen molar-refractivity contribution in [1.82, 2.24) is 0 Å². The Balaban J connectivity index is 0.816. The molecule has 0 aliphatic carbocycles. The summed E-state index contributed by atoms with van der Waals surface area (Å²) < 4.78 is 0. The molecule has 0 saturated carbocycles. The highest BCUT2D eigenvalue weighted by atomic mass is 15.2. The monoisotopic (exact) mass is 1460 g/mol. The third-order valence-electron chi connectivity index (χ3n) is 22.8. The van der Waals surface area contributed by atoms with Gasteiger partial charge in [-0.3, -0.25) is 0 Å². The third kappa shape index (κ3) is 14.3. The maximum Gasteiger partial charge on any atom is 0.0619 e. The molecule has 0 saturated heterocycles. The van der Waals surface area contributed by atoms with E-state index in [0.29, 0.717) is 0 Å². The standard InChI is InChI=1S/C112H88N2/c1-73-19-43-85(44-20-73)104(86-45-21-74(2)22-46-86)69-81-35-59-93(60-36-81)113(94-61-37-82(38-62-94)70-105(87-47-23-75(3)24-48-87)88-49-25-76(4)26-50-88)108-68-67-102-109-97(15-11-17-101(108)109)98-16-12-18-103-111(98)110(102)99-13-9-10-14-100(99)112(103)114(95-63-39-83(40-64-95)71-106(89-51-27-77(5)28-52-89)90-53-29-78(6)30-54-90)96-65-41-84(42-66-96)72-107(91-55-31-79(7)32-56-91)92-57-33-80(8)34-58-92/h9-72H,1-8H3. The zero-order chi connectivity index (χ0) is 77.5. The van der Waals surface area contributed by atoms with Crippen LogP contribution in [0.2, 0.25) is 0 Å². The number of aryl methyl sites for hydroxylation is 8. The van der Waals surface area contributed by atoms with Gasteiger partial charge in [0, 0.05) is 44.3 Å². The van der Waals surface area contributed by atoms with Crippen LogP contribution in [0.5, 0.6) is 0 Å². The van der Waals surface area contributed by atoms with E-state index >= 15 is 0 Å². The van der Waals surface area contributed by atoms with Crippen LogP contribution in [-0.4, -0.2) is 0 Å². The van der Waals surface area contributed by atoms with Crippen molar-refractivity contribution in [2.75, 3.05) is 9.80 Å². The Morgan fingerprint density at radius 1 is 0.175 bits per heavy atom. The summed E-state index contributed by atoms with van der Waals surface area (Å²) >= 11 is 0. The van der Waals surface area contributed by atoms with Crippen LogP contribution in [0, 0.1) is 55.4 Å². The Morgan fingerprint density at radius 3 is 0.702 bits per heavy atom. The molecule has 0 N–H and O–H groups in total. The Bertz CT molecular complexity index is 6220. The van der Waals surface area contributed by atoms with E-state index in [1.54, 1.807) is 0 Å². The van der Waals surface area contributed by atoms with Crippen molar-refractivity contribution in [3.63, 3.8) is 0 Å². The summed E-state index contributed by atoms with van der Waals surface area (Å²) in [7, 11) is 0. The lowest BCUT2D eigenvalue weighted by Gasteiger charge is -2.30. The van der Waals surface area contributed by atoms with Gasteiger partial charge in [-0.25, -0.2) is 0 Å². The Hall–Kier alpha value is -13.9. The van der Waals surface area contributed by atoms with Crippen LogP contribution in [0.15, 0.2) is 364 Å². The summed E-state index contributed by atoms with van der Waals surface area (Å²) in [6, 6.07) is 136. The van der Waals surface area contributed by atoms with Gasteiger partial charge >= 0.3 is 0 Å². The first-order chi connectivity index (χ1) is 55.7. The molecule has 18 aromatic carbocycles. The highest BCUT2D eigenvalue weighted by Gasteiger charge is 2.27. The molecular formula is C112H88N2. The maximum atomic E-state index is 2.52. The van der Waals surface area contributed by atoms with Gasteiger partial charge in [0.15, 0.2) is 0 Å². The highest BCUT2D eigenvalue weighted by molar-refractivity contribution is 6.41. The fraction of sp³-hybridized carbons (Fsp3) is 0.0714. The SMILES string of the molecule is Cc1ccc(C(=Cc2ccc(N(c3ccc(C=C(c4ccc(C)cc4)c4ccc(C)cc4)cc3)c3ccc4c5c3cccc5c3cccc5c(N(c6ccc(C=C(c7ccc(C)cc7)c7ccc(C)cc7)cc6)c6ccc(C=C(c7ccc(C)cc7)c7ccc(C)cc7)cc6)c6ccccc6c4c53)cc2)c2ccc(C)cc2)cc1. The minimum absolute atomic E-state index is 1.06. The first-order valence-corrected chi connectivity index (χ1v) is 39.7. The number of hydrogen-bond donors (Lipinski definition) is 0. The summed E-state index contributed by atoms with van der Waals surface area (Å²) in [5.41, 5.74) is 35.0. The lowest BCUT2D eigenvalue weighted by molar-refractivity contribution is 1.30. The molecule has 2 nitrogen and oxygen atoms in total. The molecule has 0 heterocycles. The number of hydrogen-bond acceptors (Lipinski definition) is 2. The van der Waals surface area contributed by atoms with Gasteiger partial charge in [-0.1, -0.05) is 354 Å². The molecule has 0 spiro atoms. The van der Waals surface area contributed by atoms with Crippen LogP contribution in [0.3, 0.4) is 0 Å². The van der Waals surface area contributed by atoms with Crippen LogP contribution < -0.4 is 9.80 Å². The van der Waals surface area contributed by atoms with Gasteiger partial charge < -0.3 is 9.80 Å². The van der Waals surface area contributed by atoms with E-state index in [1.165, 1.54) is 160 Å². The molecule has 0 atom stereocenters. The molecule has 2 heteroatoms. The zero-order valence-corrected chi connectivity index (χ0v) is 65.8. The highest BCUT2D eigenvalue weighted by Crippen LogP contribution is 2.53. The Morgan fingerprint density at radius 2 is 0.404 bits per heavy atom. The number of rotatable bonds is 18. The summed E-state index contributed by atoms with van der Waals surface area (Å²) in [6.45, 7) is 17.2. The fourth-order valence-electron chi connectivity index (χ4n) is 16.5. The van der Waals surface area contributed by atoms with Gasteiger partial charge in [-0.15, -0.1) is 0 Å². The van der Waals surface area contributed by atoms with Gasteiger partial charge in [-0.05, 0) is 256 Å². The van der Waals surface area contributed by atoms with Crippen molar-refractivity contribution in [3.05, 3.63) is 475 Å². The van der Waals surface area contributed by atoms with E-state index in [1.807, 2.05) is 0 Å². The fourth-order valence-corrected chi connectivity index (χ4v) is 16.5. The van der Waals surface area contributed by atoms with Gasteiger partial charge in [0.25, 0.3) is 0 Å². The molecule has 0 aliphatic heterocycles. The number of fused-ring (bicyclic) bond motifs is 4. The number of nitrogens with zero attached hydrogens (tertiary/aromatic N) is 2. The minimum Gasteiger partial charge on any atom is -0.310 e. The smallest absolute Gasteiger partial charge is 0.0619 e. The second kappa shape index (κ2) is 30.7. The molecule has 0 aromatic heterocycles. The predicted octanol–water partition coefficient (Wildman–Crippen LogP) is 30.7. The Kier molecular flexibility index (Phi) is 19.3. The lowest BCUT2D eigenvalue weighted by Crippen LogP contribution is -2.12. The van der Waals surface area contributed by atoms with Crippen molar-refractivity contribution < 1.29 is 0 Å². The molecule has 18 rings (SSSR count). The van der Waals surface area contributed by atoms with Crippen molar-refractivity contribution in [1.29, 1.82) is 0 Å². The average Bonchev–Trinajstić information content (AvgIpc) is 0.693. The van der Waals surface area contributed by atoms with Crippen LogP contribution in [0.1, 0.15) is 111 Å². The van der Waals surface area contributed by atoms with E-state index in [4.69, 9.17) is 0 Å². The van der Waals surface area contributed by atoms with Crippen molar-refractivity contribution in [3.8, 4) is 0 Å². The molecule has 0 fully saturated rings. The topological polar surface area (TPSA) is 6.48 Å². The molecule has 18 aromatic rings. The van der Waals surface area contributed by atoms with Crippen molar-refractivity contribution in [2.45, 2.75) is 55.4 Å². The quantitative estimate of drug-likeness (QED) is 0.0480. The molecule has 0 amide bonds. The predicted molar refractivity (Wildman–Crippen MR) is 492 cm³/mol. The Labute approximate surface area is 670 Å². The summed E-state index contributed by atoms with van der Waals surface area (Å²) in [4.78, 5) is 4.99. The first kappa shape index (κ1) is 71.7. The molecule has 0 unspecified atom stereocenters. The number of benzene rings is 18. The second-order valence-electron chi connectivity index (χ2n) is 31.1. The zero-order valence-electron chi connectivity index (χ0n) is 65.8. The molecule has 0 radical (unpaired) electrons. The van der Waals surface area contributed by atoms with Crippen LogP contribution in [0.25, 0.3) is 100 Å². The first-order valence-electron chi connectivity index (χ1n) is 39.7. The third-order valence-corrected chi connectivity index (χ3v) is 22.8. The minimum atomic E-state index is 1.06. The average molecular weight is 1460 g/mol. The van der Waals surface area contributed by atoms with E-state index < -0.39 is 0 Å². The van der Waals surface area contributed by atoms with Gasteiger partial charge in [0.05, 0.1) is 11.4 Å². The molecule has 0 aliphatic rings. The largest absolute Gasteiger partial charge is 0.310 e. The number of anilines is 6.